The molecule has 0 saturated heterocycles. The second kappa shape index (κ2) is 7.54. The molecule has 6 heteroatoms. The molecule has 0 aliphatic carbocycles. The third-order valence-electron chi connectivity index (χ3n) is 2.56. The van der Waals surface area contributed by atoms with E-state index in [4.69, 9.17) is 0 Å². The van der Waals surface area contributed by atoms with Crippen molar-refractivity contribution in [3.05, 3.63) is 66.0 Å². The highest BCUT2D eigenvalue weighted by molar-refractivity contribution is 6.35. The lowest BCUT2D eigenvalue weighted by Gasteiger charge is -2.03. The van der Waals surface area contributed by atoms with Crippen LogP contribution >= 0.6 is 0 Å². The summed E-state index contributed by atoms with van der Waals surface area (Å²) < 4.78 is 0. The fourth-order valence-electron chi connectivity index (χ4n) is 1.52. The van der Waals surface area contributed by atoms with Crippen molar-refractivity contribution in [1.82, 2.24) is 15.7 Å². The predicted molar refractivity (Wildman–Crippen MR) is 78.3 cm³/mol. The molecule has 1 heterocycles. The van der Waals surface area contributed by atoms with E-state index in [9.17, 15) is 9.59 Å². The summed E-state index contributed by atoms with van der Waals surface area (Å²) in [5.74, 6) is -1.56. The molecule has 0 atom stereocenters. The fourth-order valence-corrected chi connectivity index (χ4v) is 1.52. The van der Waals surface area contributed by atoms with Gasteiger partial charge in [-0.2, -0.15) is 5.10 Å². The topological polar surface area (TPSA) is 83.5 Å². The molecule has 1 aromatic heterocycles. The van der Waals surface area contributed by atoms with Crippen molar-refractivity contribution >= 4 is 18.0 Å². The first-order valence-electron chi connectivity index (χ1n) is 6.31. The lowest BCUT2D eigenvalue weighted by molar-refractivity contribution is -0.139. The Bertz CT molecular complexity index is 627. The molecule has 2 amide bonds. The van der Waals surface area contributed by atoms with Crippen molar-refractivity contribution in [2.75, 3.05) is 0 Å². The van der Waals surface area contributed by atoms with Gasteiger partial charge in [-0.05, 0) is 17.2 Å². The zero-order chi connectivity index (χ0) is 14.9. The van der Waals surface area contributed by atoms with Crippen molar-refractivity contribution in [3.8, 4) is 0 Å². The number of hydrazone groups is 1. The second-order valence-electron chi connectivity index (χ2n) is 4.15. The van der Waals surface area contributed by atoms with Crippen LogP contribution in [-0.4, -0.2) is 23.0 Å². The second-order valence-corrected chi connectivity index (χ2v) is 4.15. The monoisotopic (exact) mass is 282 g/mol. The van der Waals surface area contributed by atoms with Gasteiger partial charge in [0, 0.05) is 18.9 Å². The van der Waals surface area contributed by atoms with Crippen molar-refractivity contribution in [2.45, 2.75) is 6.54 Å². The summed E-state index contributed by atoms with van der Waals surface area (Å²) in [6.45, 7) is 0.239. The van der Waals surface area contributed by atoms with Gasteiger partial charge in [-0.15, -0.1) is 0 Å². The van der Waals surface area contributed by atoms with E-state index in [0.29, 0.717) is 0 Å². The number of nitrogens with one attached hydrogen (secondary N) is 2. The number of carbonyl (C=O) groups is 2. The molecular weight excluding hydrogens is 268 g/mol. The summed E-state index contributed by atoms with van der Waals surface area (Å²) in [6, 6.07) is 12.8. The summed E-state index contributed by atoms with van der Waals surface area (Å²) in [5, 5.41) is 6.20. The summed E-state index contributed by atoms with van der Waals surface area (Å²) in [7, 11) is 0. The van der Waals surface area contributed by atoms with E-state index >= 15 is 0 Å². The number of aromatic nitrogens is 1. The van der Waals surface area contributed by atoms with Crippen molar-refractivity contribution < 1.29 is 9.59 Å². The van der Waals surface area contributed by atoms with E-state index in [2.05, 4.69) is 20.8 Å². The van der Waals surface area contributed by atoms with Crippen LogP contribution in [0.25, 0.3) is 0 Å². The van der Waals surface area contributed by atoms with Crippen LogP contribution in [0.3, 0.4) is 0 Å². The van der Waals surface area contributed by atoms with Gasteiger partial charge in [0.05, 0.1) is 6.21 Å². The van der Waals surface area contributed by atoms with Crippen LogP contribution in [-0.2, 0) is 16.1 Å². The minimum Gasteiger partial charge on any atom is -0.344 e. The molecule has 0 aliphatic rings. The average Bonchev–Trinajstić information content (AvgIpc) is 2.54. The van der Waals surface area contributed by atoms with Gasteiger partial charge in [0.25, 0.3) is 0 Å². The standard InChI is InChI=1S/C15H14N4O2/c20-14(17-10-13-7-4-8-16-9-13)15(21)19-18-11-12-5-2-1-3-6-12/h1-9,11H,10H2,(H,17,20)(H,19,21)/b18-11-. The van der Waals surface area contributed by atoms with E-state index in [1.165, 1.54) is 6.21 Å². The minimum atomic E-state index is -0.814. The number of hydrogen-bond donors (Lipinski definition) is 2. The number of carbonyl (C=O) groups excluding carboxylic acids is 2. The molecule has 0 unspecified atom stereocenters. The predicted octanol–water partition coefficient (Wildman–Crippen LogP) is 0.848. The van der Waals surface area contributed by atoms with E-state index in [-0.39, 0.29) is 6.54 Å². The average molecular weight is 282 g/mol. The van der Waals surface area contributed by atoms with Gasteiger partial charge in [-0.25, -0.2) is 5.43 Å². The number of pyridine rings is 1. The molecule has 0 saturated carbocycles. The Hall–Kier alpha value is -3.02. The van der Waals surface area contributed by atoms with Crippen LogP contribution in [0.2, 0.25) is 0 Å². The Balaban J connectivity index is 1.78. The summed E-state index contributed by atoms with van der Waals surface area (Å²) in [4.78, 5) is 27.0. The highest BCUT2D eigenvalue weighted by atomic mass is 16.2. The summed E-state index contributed by atoms with van der Waals surface area (Å²) in [6.07, 6.45) is 4.72. The Kier molecular flexibility index (Phi) is 5.17. The first-order valence-corrected chi connectivity index (χ1v) is 6.31. The molecule has 0 fully saturated rings. The van der Waals surface area contributed by atoms with E-state index in [1.54, 1.807) is 24.5 Å². The number of rotatable bonds is 4. The highest BCUT2D eigenvalue weighted by Gasteiger charge is 2.11. The Labute approximate surface area is 121 Å². The van der Waals surface area contributed by atoms with Crippen molar-refractivity contribution in [1.29, 1.82) is 0 Å². The van der Waals surface area contributed by atoms with Crippen LogP contribution in [0.15, 0.2) is 60.0 Å². The molecule has 2 aromatic rings. The molecule has 2 N–H and O–H groups in total. The normalized spacial score (nSPS) is 10.3. The van der Waals surface area contributed by atoms with Gasteiger partial charge in [-0.3, -0.25) is 14.6 Å². The van der Waals surface area contributed by atoms with Crippen LogP contribution in [0.1, 0.15) is 11.1 Å². The van der Waals surface area contributed by atoms with Crippen LogP contribution in [0, 0.1) is 0 Å². The molecule has 2 rings (SSSR count). The van der Waals surface area contributed by atoms with E-state index in [1.807, 2.05) is 30.3 Å². The highest BCUT2D eigenvalue weighted by Crippen LogP contribution is 1.94. The van der Waals surface area contributed by atoms with Gasteiger partial charge >= 0.3 is 11.8 Å². The molecule has 0 spiro atoms. The van der Waals surface area contributed by atoms with Gasteiger partial charge in [0.15, 0.2) is 0 Å². The van der Waals surface area contributed by atoms with Gasteiger partial charge in [-0.1, -0.05) is 36.4 Å². The largest absolute Gasteiger partial charge is 0.344 e. The molecule has 0 bridgehead atoms. The SMILES string of the molecule is O=C(NCc1cccnc1)C(=O)N/N=C\c1ccccc1. The van der Waals surface area contributed by atoms with Crippen LogP contribution in [0.5, 0.6) is 0 Å². The number of nitrogens with zero attached hydrogens (tertiary/aromatic N) is 2. The smallest absolute Gasteiger partial charge is 0.329 e. The fraction of sp³-hybridized carbons (Fsp3) is 0.0667. The number of benzene rings is 1. The van der Waals surface area contributed by atoms with Gasteiger partial charge in [0.2, 0.25) is 0 Å². The number of amides is 2. The van der Waals surface area contributed by atoms with Crippen LogP contribution < -0.4 is 10.7 Å². The first-order chi connectivity index (χ1) is 10.3. The zero-order valence-corrected chi connectivity index (χ0v) is 11.2. The lowest BCUT2D eigenvalue weighted by Crippen LogP contribution is -2.37. The maximum absolute atomic E-state index is 11.5. The molecule has 6 nitrogen and oxygen atoms in total. The summed E-state index contributed by atoms with van der Waals surface area (Å²) >= 11 is 0. The Morgan fingerprint density at radius 3 is 2.62 bits per heavy atom. The van der Waals surface area contributed by atoms with E-state index in [0.717, 1.165) is 11.1 Å². The van der Waals surface area contributed by atoms with Crippen LogP contribution in [0.4, 0.5) is 0 Å². The molecule has 21 heavy (non-hydrogen) atoms. The third kappa shape index (κ3) is 4.87. The maximum Gasteiger partial charge on any atom is 0.329 e. The quantitative estimate of drug-likeness (QED) is 0.495. The van der Waals surface area contributed by atoms with Gasteiger partial charge in [0.1, 0.15) is 0 Å². The minimum absolute atomic E-state index is 0.239. The van der Waals surface area contributed by atoms with Crippen molar-refractivity contribution in [3.63, 3.8) is 0 Å². The molecule has 0 radical (unpaired) electrons. The third-order valence-corrected chi connectivity index (χ3v) is 2.56. The lowest BCUT2D eigenvalue weighted by atomic mass is 10.2. The number of hydrogen-bond acceptors (Lipinski definition) is 4. The Morgan fingerprint density at radius 2 is 1.90 bits per heavy atom. The first kappa shape index (κ1) is 14.4. The molecule has 1 aromatic carbocycles. The van der Waals surface area contributed by atoms with E-state index < -0.39 is 11.8 Å². The maximum atomic E-state index is 11.5. The van der Waals surface area contributed by atoms with Crippen molar-refractivity contribution in [2.24, 2.45) is 5.10 Å². The zero-order valence-electron chi connectivity index (χ0n) is 11.2. The Morgan fingerprint density at radius 1 is 1.10 bits per heavy atom. The molecular formula is C15H14N4O2. The summed E-state index contributed by atoms with van der Waals surface area (Å²) in [5.41, 5.74) is 3.81. The molecule has 106 valence electrons. The molecule has 0 aliphatic heterocycles. The van der Waals surface area contributed by atoms with Gasteiger partial charge < -0.3 is 5.32 Å².